The van der Waals surface area contributed by atoms with E-state index in [4.69, 9.17) is 4.42 Å². The quantitative estimate of drug-likeness (QED) is 0.835. The second kappa shape index (κ2) is 3.95. The standard InChI is InChI=1S/C15H17NO2/c1-15(2)8-11(17)13-12(9-15)18-14(16-13)10-6-4-3-5-7-10/h3-7,11,17H,8-9H2,1-2H3/t11-/m0/s1. The van der Waals surface area contributed by atoms with Gasteiger partial charge < -0.3 is 9.52 Å². The van der Waals surface area contributed by atoms with Gasteiger partial charge in [0.15, 0.2) is 0 Å². The average molecular weight is 243 g/mol. The third-order valence-corrected chi connectivity index (χ3v) is 3.45. The summed E-state index contributed by atoms with van der Waals surface area (Å²) in [4.78, 5) is 4.45. The van der Waals surface area contributed by atoms with Gasteiger partial charge in [-0.15, -0.1) is 0 Å². The van der Waals surface area contributed by atoms with Crippen molar-refractivity contribution in [3.8, 4) is 11.5 Å². The Morgan fingerprint density at radius 3 is 2.72 bits per heavy atom. The van der Waals surface area contributed by atoms with Gasteiger partial charge in [-0.25, -0.2) is 4.98 Å². The minimum Gasteiger partial charge on any atom is -0.441 e. The molecule has 0 saturated heterocycles. The van der Waals surface area contributed by atoms with Gasteiger partial charge in [-0.05, 0) is 24.0 Å². The van der Waals surface area contributed by atoms with Crippen molar-refractivity contribution in [1.82, 2.24) is 4.98 Å². The molecule has 1 heterocycles. The molecular weight excluding hydrogens is 226 g/mol. The molecule has 3 heteroatoms. The van der Waals surface area contributed by atoms with E-state index in [2.05, 4.69) is 18.8 Å². The number of benzene rings is 1. The van der Waals surface area contributed by atoms with Crippen LogP contribution in [0, 0.1) is 5.41 Å². The highest BCUT2D eigenvalue weighted by molar-refractivity contribution is 5.53. The molecule has 2 aromatic rings. The highest BCUT2D eigenvalue weighted by Gasteiger charge is 2.35. The van der Waals surface area contributed by atoms with Crippen molar-refractivity contribution in [2.45, 2.75) is 32.8 Å². The summed E-state index contributed by atoms with van der Waals surface area (Å²) < 4.78 is 5.83. The summed E-state index contributed by atoms with van der Waals surface area (Å²) in [7, 11) is 0. The first-order valence-corrected chi connectivity index (χ1v) is 6.28. The number of nitrogens with zero attached hydrogens (tertiary/aromatic N) is 1. The van der Waals surface area contributed by atoms with Gasteiger partial charge in [0, 0.05) is 12.0 Å². The maximum Gasteiger partial charge on any atom is 0.226 e. The van der Waals surface area contributed by atoms with Crippen molar-refractivity contribution in [3.63, 3.8) is 0 Å². The van der Waals surface area contributed by atoms with Crippen LogP contribution in [-0.4, -0.2) is 10.1 Å². The van der Waals surface area contributed by atoms with Crippen LogP contribution in [0.15, 0.2) is 34.7 Å². The lowest BCUT2D eigenvalue weighted by Crippen LogP contribution is -2.24. The molecule has 3 nitrogen and oxygen atoms in total. The monoisotopic (exact) mass is 243 g/mol. The molecule has 0 fully saturated rings. The molecule has 0 unspecified atom stereocenters. The number of rotatable bonds is 1. The molecule has 1 N–H and O–H groups in total. The molecule has 1 aromatic carbocycles. The van der Waals surface area contributed by atoms with Crippen LogP contribution in [0.5, 0.6) is 0 Å². The molecule has 0 bridgehead atoms. The van der Waals surface area contributed by atoms with Crippen molar-refractivity contribution in [2.75, 3.05) is 0 Å². The Labute approximate surface area is 106 Å². The number of oxazole rings is 1. The molecule has 0 amide bonds. The van der Waals surface area contributed by atoms with Crippen LogP contribution in [0.1, 0.15) is 37.8 Å². The molecule has 0 aliphatic heterocycles. The molecule has 0 radical (unpaired) electrons. The molecular formula is C15H17NO2. The molecule has 94 valence electrons. The molecule has 1 aliphatic carbocycles. The Morgan fingerprint density at radius 1 is 1.28 bits per heavy atom. The summed E-state index contributed by atoms with van der Waals surface area (Å²) >= 11 is 0. The molecule has 1 aliphatic rings. The van der Waals surface area contributed by atoms with Crippen LogP contribution in [0.2, 0.25) is 0 Å². The normalized spacial score (nSPS) is 21.6. The van der Waals surface area contributed by atoms with Gasteiger partial charge in [-0.3, -0.25) is 0 Å². The topological polar surface area (TPSA) is 46.3 Å². The Bertz CT molecular complexity index is 557. The van der Waals surface area contributed by atoms with E-state index in [1.807, 2.05) is 30.3 Å². The van der Waals surface area contributed by atoms with Crippen molar-refractivity contribution >= 4 is 0 Å². The van der Waals surface area contributed by atoms with Gasteiger partial charge in [-0.2, -0.15) is 0 Å². The highest BCUT2D eigenvalue weighted by Crippen LogP contribution is 2.41. The third kappa shape index (κ3) is 1.95. The summed E-state index contributed by atoms with van der Waals surface area (Å²) in [6.45, 7) is 4.29. The largest absolute Gasteiger partial charge is 0.441 e. The maximum absolute atomic E-state index is 10.1. The minimum absolute atomic E-state index is 0.0694. The van der Waals surface area contributed by atoms with Crippen LogP contribution in [0.25, 0.3) is 11.5 Å². The first-order chi connectivity index (χ1) is 8.55. The lowest BCUT2D eigenvalue weighted by atomic mass is 9.77. The Kier molecular flexibility index (Phi) is 2.52. The average Bonchev–Trinajstić information content (AvgIpc) is 2.72. The Hall–Kier alpha value is -1.61. The third-order valence-electron chi connectivity index (χ3n) is 3.45. The van der Waals surface area contributed by atoms with E-state index in [0.717, 1.165) is 24.2 Å². The smallest absolute Gasteiger partial charge is 0.226 e. The van der Waals surface area contributed by atoms with Crippen molar-refractivity contribution in [1.29, 1.82) is 0 Å². The van der Waals surface area contributed by atoms with E-state index in [0.29, 0.717) is 11.6 Å². The van der Waals surface area contributed by atoms with Crippen LogP contribution in [0.4, 0.5) is 0 Å². The zero-order chi connectivity index (χ0) is 12.8. The van der Waals surface area contributed by atoms with E-state index in [1.165, 1.54) is 0 Å². The predicted molar refractivity (Wildman–Crippen MR) is 69.0 cm³/mol. The van der Waals surface area contributed by atoms with Crippen LogP contribution in [-0.2, 0) is 6.42 Å². The first kappa shape index (κ1) is 11.5. The number of aromatic nitrogens is 1. The fourth-order valence-electron chi connectivity index (χ4n) is 2.58. The van der Waals surface area contributed by atoms with Gasteiger partial charge in [0.05, 0.1) is 0 Å². The first-order valence-electron chi connectivity index (χ1n) is 6.28. The van der Waals surface area contributed by atoms with Crippen molar-refractivity contribution in [2.24, 2.45) is 5.41 Å². The summed E-state index contributed by atoms with van der Waals surface area (Å²) in [6.07, 6.45) is 1.06. The molecule has 0 spiro atoms. The molecule has 18 heavy (non-hydrogen) atoms. The van der Waals surface area contributed by atoms with Gasteiger partial charge >= 0.3 is 0 Å². The SMILES string of the molecule is CC1(C)Cc2oc(-c3ccccc3)nc2[C@@H](O)C1. The van der Waals surface area contributed by atoms with Crippen LogP contribution in [0.3, 0.4) is 0 Å². The predicted octanol–water partition coefficient (Wildman–Crippen LogP) is 3.35. The molecule has 3 rings (SSSR count). The van der Waals surface area contributed by atoms with Gasteiger partial charge in [-0.1, -0.05) is 32.0 Å². The number of fused-ring (bicyclic) bond motifs is 1. The van der Waals surface area contributed by atoms with Crippen molar-refractivity contribution in [3.05, 3.63) is 41.8 Å². The van der Waals surface area contributed by atoms with E-state index in [9.17, 15) is 5.11 Å². The lowest BCUT2D eigenvalue weighted by molar-refractivity contribution is 0.0905. The maximum atomic E-state index is 10.1. The van der Waals surface area contributed by atoms with Crippen LogP contribution >= 0.6 is 0 Å². The van der Waals surface area contributed by atoms with E-state index >= 15 is 0 Å². The summed E-state index contributed by atoms with van der Waals surface area (Å²) in [5, 5.41) is 10.1. The number of hydrogen-bond donors (Lipinski definition) is 1. The second-order valence-electron chi connectivity index (χ2n) is 5.75. The molecule has 0 saturated carbocycles. The van der Waals surface area contributed by atoms with E-state index in [-0.39, 0.29) is 5.41 Å². The van der Waals surface area contributed by atoms with Gasteiger partial charge in [0.2, 0.25) is 5.89 Å². The van der Waals surface area contributed by atoms with Crippen molar-refractivity contribution < 1.29 is 9.52 Å². The zero-order valence-electron chi connectivity index (χ0n) is 10.7. The lowest BCUT2D eigenvalue weighted by Gasteiger charge is -2.30. The zero-order valence-corrected chi connectivity index (χ0v) is 10.7. The minimum atomic E-state index is -0.509. The van der Waals surface area contributed by atoms with Gasteiger partial charge in [0.25, 0.3) is 0 Å². The highest BCUT2D eigenvalue weighted by atomic mass is 16.4. The number of aliphatic hydroxyl groups is 1. The fourth-order valence-corrected chi connectivity index (χ4v) is 2.58. The number of hydrogen-bond acceptors (Lipinski definition) is 3. The second-order valence-corrected chi connectivity index (χ2v) is 5.75. The number of aliphatic hydroxyl groups excluding tert-OH is 1. The molecule has 1 aromatic heterocycles. The Morgan fingerprint density at radius 2 is 2.00 bits per heavy atom. The molecule has 1 atom stereocenters. The Balaban J connectivity index is 2.03. The van der Waals surface area contributed by atoms with E-state index < -0.39 is 6.10 Å². The van der Waals surface area contributed by atoms with Crippen LogP contribution < -0.4 is 0 Å². The summed E-state index contributed by atoms with van der Waals surface area (Å²) in [6, 6.07) is 9.81. The summed E-state index contributed by atoms with van der Waals surface area (Å²) in [5.41, 5.74) is 1.74. The van der Waals surface area contributed by atoms with E-state index in [1.54, 1.807) is 0 Å². The summed E-state index contributed by atoms with van der Waals surface area (Å²) in [5.74, 6) is 1.44. The van der Waals surface area contributed by atoms with Gasteiger partial charge in [0.1, 0.15) is 17.6 Å². The fraction of sp³-hybridized carbons (Fsp3) is 0.400.